The average Bonchev–Trinajstić information content (AvgIpc) is 2.54. The van der Waals surface area contributed by atoms with Crippen LogP contribution in [0.3, 0.4) is 0 Å². The van der Waals surface area contributed by atoms with E-state index < -0.39 is 0 Å². The smallest absolute Gasteiger partial charge is 0.224 e. The van der Waals surface area contributed by atoms with Crippen molar-refractivity contribution in [3.63, 3.8) is 0 Å². The predicted molar refractivity (Wildman–Crippen MR) is 89.1 cm³/mol. The van der Waals surface area contributed by atoms with Crippen LogP contribution in [0, 0.1) is 5.82 Å². The number of hydrogen-bond acceptors (Lipinski definition) is 2. The number of hydrogen-bond donors (Lipinski definition) is 1. The van der Waals surface area contributed by atoms with E-state index in [1.807, 2.05) is 18.2 Å². The van der Waals surface area contributed by atoms with Gasteiger partial charge in [-0.05, 0) is 35.2 Å². The van der Waals surface area contributed by atoms with Crippen LogP contribution in [0.25, 0.3) is 0 Å². The summed E-state index contributed by atoms with van der Waals surface area (Å²) >= 11 is 0. The van der Waals surface area contributed by atoms with Crippen LogP contribution in [0.4, 0.5) is 4.39 Å². The second kappa shape index (κ2) is 8.32. The van der Waals surface area contributed by atoms with Gasteiger partial charge in [-0.1, -0.05) is 44.2 Å². The fourth-order valence-corrected chi connectivity index (χ4v) is 2.20. The fourth-order valence-electron chi connectivity index (χ4n) is 2.20. The number of carbonyl (C=O) groups excluding carboxylic acids is 1. The molecule has 4 heteroatoms. The Labute approximate surface area is 136 Å². The minimum atomic E-state index is -0.357. The van der Waals surface area contributed by atoms with Gasteiger partial charge in [0.15, 0.2) is 0 Å². The summed E-state index contributed by atoms with van der Waals surface area (Å²) in [6.45, 7) is 5.02. The maximum Gasteiger partial charge on any atom is 0.224 e. The molecular weight excluding hydrogens is 293 g/mol. The molecule has 0 saturated carbocycles. The molecule has 0 aromatic heterocycles. The molecule has 0 fully saturated rings. The highest BCUT2D eigenvalue weighted by atomic mass is 19.1. The third kappa shape index (κ3) is 5.40. The molecule has 0 radical (unpaired) electrons. The zero-order valence-corrected chi connectivity index (χ0v) is 13.5. The molecule has 2 aromatic carbocycles. The van der Waals surface area contributed by atoms with Crippen molar-refractivity contribution in [2.45, 2.75) is 26.2 Å². The van der Waals surface area contributed by atoms with Gasteiger partial charge in [-0.25, -0.2) is 4.39 Å². The molecule has 0 aliphatic rings. The van der Waals surface area contributed by atoms with E-state index in [1.165, 1.54) is 11.6 Å². The normalized spacial score (nSPS) is 10.6. The van der Waals surface area contributed by atoms with Gasteiger partial charge in [-0.2, -0.15) is 0 Å². The molecule has 0 unspecified atom stereocenters. The van der Waals surface area contributed by atoms with Gasteiger partial charge in [-0.3, -0.25) is 4.79 Å². The SMILES string of the molecule is CC(C)c1cccc(OCCNC(=O)Cc2ccccc2F)c1. The zero-order valence-electron chi connectivity index (χ0n) is 13.5. The highest BCUT2D eigenvalue weighted by Crippen LogP contribution is 2.19. The first kappa shape index (κ1) is 17.0. The molecule has 0 atom stereocenters. The summed E-state index contributed by atoms with van der Waals surface area (Å²) in [6, 6.07) is 14.2. The summed E-state index contributed by atoms with van der Waals surface area (Å²) in [5, 5.41) is 2.74. The summed E-state index contributed by atoms with van der Waals surface area (Å²) in [6.07, 6.45) is 0.0372. The van der Waals surface area contributed by atoms with Gasteiger partial charge >= 0.3 is 0 Å². The molecular formula is C19H22FNO2. The Morgan fingerprint density at radius 3 is 2.70 bits per heavy atom. The van der Waals surface area contributed by atoms with Gasteiger partial charge < -0.3 is 10.1 Å². The lowest BCUT2D eigenvalue weighted by Crippen LogP contribution is -2.29. The summed E-state index contributed by atoms with van der Waals surface area (Å²) < 4.78 is 19.1. The highest BCUT2D eigenvalue weighted by molar-refractivity contribution is 5.78. The number of amides is 1. The molecule has 3 nitrogen and oxygen atoms in total. The van der Waals surface area contributed by atoms with E-state index in [0.29, 0.717) is 24.6 Å². The van der Waals surface area contributed by atoms with Crippen LogP contribution in [0.15, 0.2) is 48.5 Å². The maximum absolute atomic E-state index is 13.5. The second-order valence-corrected chi connectivity index (χ2v) is 5.69. The third-order valence-corrected chi connectivity index (χ3v) is 3.53. The topological polar surface area (TPSA) is 38.3 Å². The van der Waals surface area contributed by atoms with Crippen molar-refractivity contribution in [1.29, 1.82) is 0 Å². The lowest BCUT2D eigenvalue weighted by atomic mass is 10.0. The van der Waals surface area contributed by atoms with E-state index in [-0.39, 0.29) is 18.1 Å². The lowest BCUT2D eigenvalue weighted by Gasteiger charge is -2.10. The Morgan fingerprint density at radius 2 is 1.96 bits per heavy atom. The van der Waals surface area contributed by atoms with Gasteiger partial charge in [-0.15, -0.1) is 0 Å². The number of nitrogens with one attached hydrogen (secondary N) is 1. The van der Waals surface area contributed by atoms with Crippen molar-refractivity contribution in [2.24, 2.45) is 0 Å². The molecule has 2 rings (SSSR count). The van der Waals surface area contributed by atoms with Gasteiger partial charge in [0.2, 0.25) is 5.91 Å². The standard InChI is InChI=1S/C19H22FNO2/c1-14(2)15-7-5-8-17(12-15)23-11-10-21-19(22)13-16-6-3-4-9-18(16)20/h3-9,12,14H,10-11,13H2,1-2H3,(H,21,22). The molecule has 1 N–H and O–H groups in total. The van der Waals surface area contributed by atoms with E-state index in [2.05, 4.69) is 25.2 Å². The van der Waals surface area contributed by atoms with Crippen molar-refractivity contribution in [3.8, 4) is 5.75 Å². The third-order valence-electron chi connectivity index (χ3n) is 3.53. The molecule has 1 amide bonds. The minimum absolute atomic E-state index is 0.0372. The number of benzene rings is 2. The van der Waals surface area contributed by atoms with Crippen molar-refractivity contribution in [3.05, 3.63) is 65.5 Å². The van der Waals surface area contributed by atoms with Gasteiger partial charge in [0, 0.05) is 0 Å². The quantitative estimate of drug-likeness (QED) is 0.791. The van der Waals surface area contributed by atoms with E-state index in [4.69, 9.17) is 4.74 Å². The fraction of sp³-hybridized carbons (Fsp3) is 0.316. The Balaban J connectivity index is 1.74. The molecule has 23 heavy (non-hydrogen) atoms. The summed E-state index contributed by atoms with van der Waals surface area (Å²) in [5.74, 6) is 0.664. The van der Waals surface area contributed by atoms with Gasteiger partial charge in [0.25, 0.3) is 0 Å². The number of rotatable bonds is 7. The van der Waals surface area contributed by atoms with E-state index in [0.717, 1.165) is 5.75 Å². The Bertz CT molecular complexity index is 655. The van der Waals surface area contributed by atoms with Crippen LogP contribution in [0.5, 0.6) is 5.75 Å². The lowest BCUT2D eigenvalue weighted by molar-refractivity contribution is -0.120. The van der Waals surface area contributed by atoms with Crippen molar-refractivity contribution in [2.75, 3.05) is 13.2 Å². The van der Waals surface area contributed by atoms with Gasteiger partial charge in [0.1, 0.15) is 18.2 Å². The molecule has 0 saturated heterocycles. The summed E-state index contributed by atoms with van der Waals surface area (Å²) in [7, 11) is 0. The first-order chi connectivity index (χ1) is 11.1. The van der Waals surface area contributed by atoms with Crippen molar-refractivity contribution >= 4 is 5.91 Å². The average molecular weight is 315 g/mol. The summed E-state index contributed by atoms with van der Waals surface area (Å²) in [5.41, 5.74) is 1.61. The Morgan fingerprint density at radius 1 is 1.17 bits per heavy atom. The van der Waals surface area contributed by atoms with E-state index >= 15 is 0 Å². The Hall–Kier alpha value is -2.36. The van der Waals surface area contributed by atoms with Crippen molar-refractivity contribution < 1.29 is 13.9 Å². The van der Waals surface area contributed by atoms with Crippen LogP contribution >= 0.6 is 0 Å². The van der Waals surface area contributed by atoms with Gasteiger partial charge in [0.05, 0.1) is 13.0 Å². The first-order valence-corrected chi connectivity index (χ1v) is 7.79. The van der Waals surface area contributed by atoms with Crippen LogP contribution < -0.4 is 10.1 Å². The van der Waals surface area contributed by atoms with Crippen LogP contribution in [-0.4, -0.2) is 19.1 Å². The van der Waals surface area contributed by atoms with Crippen LogP contribution in [0.2, 0.25) is 0 Å². The molecule has 2 aromatic rings. The minimum Gasteiger partial charge on any atom is -0.492 e. The Kier molecular flexibility index (Phi) is 6.15. The molecule has 0 bridgehead atoms. The highest BCUT2D eigenvalue weighted by Gasteiger charge is 2.07. The monoisotopic (exact) mass is 315 g/mol. The second-order valence-electron chi connectivity index (χ2n) is 5.69. The predicted octanol–water partition coefficient (Wildman–Crippen LogP) is 3.69. The summed E-state index contributed by atoms with van der Waals surface area (Å²) in [4.78, 5) is 11.8. The van der Waals surface area contributed by atoms with E-state index in [1.54, 1.807) is 18.2 Å². The first-order valence-electron chi connectivity index (χ1n) is 7.79. The number of ether oxygens (including phenoxy) is 1. The molecule has 0 aliphatic heterocycles. The molecule has 0 heterocycles. The maximum atomic E-state index is 13.5. The van der Waals surface area contributed by atoms with Crippen LogP contribution in [0.1, 0.15) is 30.9 Å². The van der Waals surface area contributed by atoms with E-state index in [9.17, 15) is 9.18 Å². The molecule has 122 valence electrons. The number of carbonyl (C=O) groups is 1. The molecule has 0 spiro atoms. The number of halogens is 1. The largest absolute Gasteiger partial charge is 0.492 e. The molecule has 0 aliphatic carbocycles. The van der Waals surface area contributed by atoms with Crippen molar-refractivity contribution in [1.82, 2.24) is 5.32 Å². The zero-order chi connectivity index (χ0) is 16.7. The van der Waals surface area contributed by atoms with Crippen LogP contribution in [-0.2, 0) is 11.2 Å².